The van der Waals surface area contributed by atoms with Crippen LogP contribution in [0.3, 0.4) is 0 Å². The highest BCUT2D eigenvalue weighted by atomic mass is 16.5. The van der Waals surface area contributed by atoms with Gasteiger partial charge in [-0.2, -0.15) is 0 Å². The zero-order valence-corrected chi connectivity index (χ0v) is 15.0. The second kappa shape index (κ2) is 8.52. The largest absolute Gasteiger partial charge is 0.497 e. The number of hydrogen-bond acceptors (Lipinski definition) is 3. The molecule has 1 aliphatic heterocycles. The number of aryl methyl sites for hydroxylation is 1. The highest BCUT2D eigenvalue weighted by Crippen LogP contribution is 2.26. The highest BCUT2D eigenvalue weighted by molar-refractivity contribution is 6.03. The van der Waals surface area contributed by atoms with E-state index in [0.29, 0.717) is 19.4 Å². The lowest BCUT2D eigenvalue weighted by Gasteiger charge is -2.24. The number of methoxy groups -OCH3 is 1. The van der Waals surface area contributed by atoms with Crippen LogP contribution in [0.2, 0.25) is 0 Å². The van der Waals surface area contributed by atoms with E-state index in [9.17, 15) is 9.59 Å². The molecule has 136 valence electrons. The molecule has 26 heavy (non-hydrogen) atoms. The number of rotatable bonds is 7. The van der Waals surface area contributed by atoms with E-state index < -0.39 is 6.04 Å². The summed E-state index contributed by atoms with van der Waals surface area (Å²) in [5.74, 6) is 0.776. The summed E-state index contributed by atoms with van der Waals surface area (Å²) in [5.41, 5.74) is 2.00. The van der Waals surface area contributed by atoms with Gasteiger partial charge in [0.15, 0.2) is 0 Å². The van der Waals surface area contributed by atoms with Crippen molar-refractivity contribution in [1.29, 1.82) is 0 Å². The molecule has 1 aliphatic rings. The molecule has 2 aromatic rings. The number of nitrogens with zero attached hydrogens (tertiary/aromatic N) is 1. The monoisotopic (exact) mass is 352 g/mol. The molecule has 1 unspecified atom stereocenters. The maximum absolute atomic E-state index is 12.5. The average Bonchev–Trinajstić information content (AvgIpc) is 3.08. The Morgan fingerprint density at radius 3 is 2.58 bits per heavy atom. The van der Waals surface area contributed by atoms with Gasteiger partial charge in [-0.3, -0.25) is 14.5 Å². The van der Waals surface area contributed by atoms with Crippen molar-refractivity contribution in [3.05, 3.63) is 60.2 Å². The molecule has 1 heterocycles. The zero-order valence-electron chi connectivity index (χ0n) is 15.0. The molecular weight excluding hydrogens is 328 g/mol. The van der Waals surface area contributed by atoms with Crippen LogP contribution in [0.5, 0.6) is 5.75 Å². The van der Waals surface area contributed by atoms with Crippen molar-refractivity contribution in [2.45, 2.75) is 31.7 Å². The van der Waals surface area contributed by atoms with Crippen molar-refractivity contribution >= 4 is 17.5 Å². The number of para-hydroxylation sites is 1. The quantitative estimate of drug-likeness (QED) is 0.780. The fourth-order valence-electron chi connectivity index (χ4n) is 3.26. The van der Waals surface area contributed by atoms with Crippen LogP contribution in [0.25, 0.3) is 0 Å². The van der Waals surface area contributed by atoms with E-state index in [1.807, 2.05) is 54.6 Å². The lowest BCUT2D eigenvalue weighted by molar-refractivity contribution is -0.123. The fraction of sp³-hybridized carbons (Fsp3) is 0.333. The summed E-state index contributed by atoms with van der Waals surface area (Å²) >= 11 is 0. The molecule has 1 saturated heterocycles. The molecule has 2 amide bonds. The Morgan fingerprint density at radius 2 is 1.88 bits per heavy atom. The molecular formula is C21H24N2O3. The van der Waals surface area contributed by atoms with E-state index in [0.717, 1.165) is 24.3 Å². The first kappa shape index (κ1) is 18.0. The fourth-order valence-corrected chi connectivity index (χ4v) is 3.26. The summed E-state index contributed by atoms with van der Waals surface area (Å²) in [6.07, 6.45) is 2.72. The number of carbonyl (C=O) groups is 2. The minimum atomic E-state index is -0.411. The van der Waals surface area contributed by atoms with Crippen LogP contribution in [0, 0.1) is 0 Å². The molecule has 1 N–H and O–H groups in total. The Morgan fingerprint density at radius 1 is 1.15 bits per heavy atom. The maximum atomic E-state index is 12.5. The van der Waals surface area contributed by atoms with Gasteiger partial charge in [-0.1, -0.05) is 30.3 Å². The summed E-state index contributed by atoms with van der Waals surface area (Å²) in [4.78, 5) is 26.4. The number of benzene rings is 2. The molecule has 0 aromatic heterocycles. The minimum Gasteiger partial charge on any atom is -0.497 e. The molecule has 0 spiro atoms. The predicted octanol–water partition coefficient (Wildman–Crippen LogP) is 2.94. The molecule has 5 nitrogen and oxygen atoms in total. The van der Waals surface area contributed by atoms with E-state index in [-0.39, 0.29) is 11.8 Å². The summed E-state index contributed by atoms with van der Waals surface area (Å²) in [6, 6.07) is 16.9. The third kappa shape index (κ3) is 4.23. The molecule has 5 heteroatoms. The van der Waals surface area contributed by atoms with Crippen LogP contribution in [0.4, 0.5) is 5.69 Å². The lowest BCUT2D eigenvalue weighted by atomic mass is 10.1. The van der Waals surface area contributed by atoms with Gasteiger partial charge in [-0.25, -0.2) is 0 Å². The Balaban J connectivity index is 1.50. The summed E-state index contributed by atoms with van der Waals surface area (Å²) in [6.45, 7) is 0.595. The van der Waals surface area contributed by atoms with Gasteiger partial charge in [0.25, 0.3) is 0 Å². The SMILES string of the molecule is COc1ccc(CCCNC(=O)C2CCC(=O)N2c2ccccc2)cc1. The number of ether oxygens (including phenoxy) is 1. The lowest BCUT2D eigenvalue weighted by Crippen LogP contribution is -2.45. The van der Waals surface area contributed by atoms with E-state index in [2.05, 4.69) is 5.32 Å². The molecule has 2 aromatic carbocycles. The van der Waals surface area contributed by atoms with Crippen LogP contribution in [0.1, 0.15) is 24.8 Å². The second-order valence-corrected chi connectivity index (χ2v) is 6.40. The first-order chi connectivity index (χ1) is 12.7. The van der Waals surface area contributed by atoms with Crippen LogP contribution in [-0.4, -0.2) is 31.5 Å². The molecule has 0 saturated carbocycles. The number of anilines is 1. The normalized spacial score (nSPS) is 16.6. The van der Waals surface area contributed by atoms with Crippen molar-refractivity contribution in [1.82, 2.24) is 5.32 Å². The predicted molar refractivity (Wildman–Crippen MR) is 101 cm³/mol. The van der Waals surface area contributed by atoms with Crippen molar-refractivity contribution < 1.29 is 14.3 Å². The van der Waals surface area contributed by atoms with Crippen molar-refractivity contribution in [2.75, 3.05) is 18.6 Å². The second-order valence-electron chi connectivity index (χ2n) is 6.40. The molecule has 1 fully saturated rings. The zero-order chi connectivity index (χ0) is 18.4. The summed E-state index contributed by atoms with van der Waals surface area (Å²) < 4.78 is 5.15. The van der Waals surface area contributed by atoms with Crippen LogP contribution in [0.15, 0.2) is 54.6 Å². The molecule has 0 aliphatic carbocycles. The van der Waals surface area contributed by atoms with Crippen LogP contribution < -0.4 is 15.0 Å². The van der Waals surface area contributed by atoms with Gasteiger partial charge >= 0.3 is 0 Å². The van der Waals surface area contributed by atoms with Crippen molar-refractivity contribution in [3.8, 4) is 5.75 Å². The summed E-state index contributed by atoms with van der Waals surface area (Å²) in [7, 11) is 1.65. The van der Waals surface area contributed by atoms with Gasteiger partial charge in [-0.05, 0) is 49.1 Å². The smallest absolute Gasteiger partial charge is 0.243 e. The number of hydrogen-bond donors (Lipinski definition) is 1. The first-order valence-corrected chi connectivity index (χ1v) is 8.97. The minimum absolute atomic E-state index is 0.00887. The number of amides is 2. The van der Waals surface area contributed by atoms with Gasteiger partial charge in [0.05, 0.1) is 7.11 Å². The van der Waals surface area contributed by atoms with Gasteiger partial charge < -0.3 is 10.1 Å². The maximum Gasteiger partial charge on any atom is 0.243 e. The van der Waals surface area contributed by atoms with Crippen LogP contribution >= 0.6 is 0 Å². The van der Waals surface area contributed by atoms with Gasteiger partial charge in [0.1, 0.15) is 11.8 Å². The molecule has 3 rings (SSSR count). The average molecular weight is 352 g/mol. The third-order valence-corrected chi connectivity index (χ3v) is 4.65. The summed E-state index contributed by atoms with van der Waals surface area (Å²) in [5, 5.41) is 2.98. The molecule has 1 atom stereocenters. The van der Waals surface area contributed by atoms with Crippen molar-refractivity contribution in [3.63, 3.8) is 0 Å². The van der Waals surface area contributed by atoms with E-state index in [4.69, 9.17) is 4.74 Å². The van der Waals surface area contributed by atoms with Crippen molar-refractivity contribution in [2.24, 2.45) is 0 Å². The Kier molecular flexibility index (Phi) is 5.89. The van der Waals surface area contributed by atoms with E-state index in [1.54, 1.807) is 12.0 Å². The van der Waals surface area contributed by atoms with Gasteiger partial charge in [0.2, 0.25) is 11.8 Å². The standard InChI is InChI=1S/C21H24N2O3/c1-26-18-11-9-16(10-12-18)6-5-15-22-21(25)19-13-14-20(24)23(19)17-7-3-2-4-8-17/h2-4,7-12,19H,5-6,13-15H2,1H3,(H,22,25). The van der Waals surface area contributed by atoms with E-state index in [1.165, 1.54) is 5.56 Å². The van der Waals surface area contributed by atoms with Gasteiger partial charge in [0, 0.05) is 18.7 Å². The topological polar surface area (TPSA) is 58.6 Å². The molecule has 0 bridgehead atoms. The molecule has 0 radical (unpaired) electrons. The number of nitrogens with one attached hydrogen (secondary N) is 1. The van der Waals surface area contributed by atoms with Gasteiger partial charge in [-0.15, -0.1) is 0 Å². The van der Waals surface area contributed by atoms with E-state index >= 15 is 0 Å². The third-order valence-electron chi connectivity index (χ3n) is 4.65. The van der Waals surface area contributed by atoms with Crippen LogP contribution in [-0.2, 0) is 16.0 Å². The Labute approximate surface area is 154 Å². The highest BCUT2D eigenvalue weighted by Gasteiger charge is 2.36. The Hall–Kier alpha value is -2.82. The number of carbonyl (C=O) groups excluding carboxylic acids is 2. The Bertz CT molecular complexity index is 744. The first-order valence-electron chi connectivity index (χ1n) is 8.97.